The predicted molar refractivity (Wildman–Crippen MR) is 78.1 cm³/mol. The number of ether oxygens (including phenoxy) is 1. The lowest BCUT2D eigenvalue weighted by molar-refractivity contribution is 0.185. The lowest BCUT2D eigenvalue weighted by Crippen LogP contribution is -2.34. The molecule has 0 spiro atoms. The fourth-order valence-electron chi connectivity index (χ4n) is 2.73. The van der Waals surface area contributed by atoms with Crippen LogP contribution in [0.3, 0.4) is 0 Å². The highest BCUT2D eigenvalue weighted by Crippen LogP contribution is 2.27. The van der Waals surface area contributed by atoms with E-state index in [-0.39, 0.29) is 0 Å². The minimum atomic E-state index is 0.448. The van der Waals surface area contributed by atoms with Gasteiger partial charge in [0, 0.05) is 45.1 Å². The number of aromatic nitrogens is 5. The zero-order chi connectivity index (χ0) is 14.5. The highest BCUT2D eigenvalue weighted by atomic mass is 16.5. The number of methoxy groups -OCH3 is 1. The van der Waals surface area contributed by atoms with Gasteiger partial charge in [0.2, 0.25) is 5.95 Å². The number of anilines is 1. The van der Waals surface area contributed by atoms with E-state index < -0.39 is 0 Å². The zero-order valence-corrected chi connectivity index (χ0v) is 12.2. The average Bonchev–Trinajstić information content (AvgIpc) is 3.02. The summed E-state index contributed by atoms with van der Waals surface area (Å²) in [5, 5.41) is 8.34. The summed E-state index contributed by atoms with van der Waals surface area (Å²) < 4.78 is 7.23. The molecule has 21 heavy (non-hydrogen) atoms. The standard InChI is InChI=1S/C14H20N6O/c1-21-10-9-20-11-17-18-13(20)12-3-7-19(8-4-12)14-15-5-2-6-16-14/h2,5-6,11-12H,3-4,7-10H2,1H3. The molecule has 3 rings (SSSR count). The molecule has 0 bridgehead atoms. The molecule has 2 aromatic heterocycles. The van der Waals surface area contributed by atoms with Gasteiger partial charge in [0.25, 0.3) is 0 Å². The molecule has 0 aromatic carbocycles. The molecule has 1 fully saturated rings. The predicted octanol–water partition coefficient (Wildman–Crippen LogP) is 1.10. The number of nitrogens with zero attached hydrogens (tertiary/aromatic N) is 6. The van der Waals surface area contributed by atoms with Gasteiger partial charge in [0.15, 0.2) is 0 Å². The van der Waals surface area contributed by atoms with Gasteiger partial charge >= 0.3 is 0 Å². The van der Waals surface area contributed by atoms with Crippen molar-refractivity contribution in [2.24, 2.45) is 0 Å². The van der Waals surface area contributed by atoms with E-state index in [0.717, 1.165) is 44.2 Å². The number of hydrogen-bond acceptors (Lipinski definition) is 6. The van der Waals surface area contributed by atoms with Crippen LogP contribution in [0, 0.1) is 0 Å². The fourth-order valence-corrected chi connectivity index (χ4v) is 2.73. The van der Waals surface area contributed by atoms with Crippen LogP contribution in [0.25, 0.3) is 0 Å². The smallest absolute Gasteiger partial charge is 0.225 e. The van der Waals surface area contributed by atoms with Crippen molar-refractivity contribution in [2.45, 2.75) is 25.3 Å². The molecule has 0 amide bonds. The fraction of sp³-hybridized carbons (Fsp3) is 0.571. The topological polar surface area (TPSA) is 69.0 Å². The molecule has 2 aromatic rings. The highest BCUT2D eigenvalue weighted by Gasteiger charge is 2.25. The van der Waals surface area contributed by atoms with Crippen LogP contribution in [0.4, 0.5) is 5.95 Å². The van der Waals surface area contributed by atoms with E-state index >= 15 is 0 Å². The van der Waals surface area contributed by atoms with Gasteiger partial charge in [-0.15, -0.1) is 10.2 Å². The highest BCUT2D eigenvalue weighted by molar-refractivity contribution is 5.29. The second-order valence-electron chi connectivity index (χ2n) is 5.19. The van der Waals surface area contributed by atoms with Crippen LogP contribution < -0.4 is 4.90 Å². The lowest BCUT2D eigenvalue weighted by atomic mass is 9.96. The summed E-state index contributed by atoms with van der Waals surface area (Å²) in [6, 6.07) is 1.84. The molecule has 0 N–H and O–H groups in total. The van der Waals surface area contributed by atoms with Crippen LogP contribution >= 0.6 is 0 Å². The molecule has 3 heterocycles. The van der Waals surface area contributed by atoms with Gasteiger partial charge in [0.05, 0.1) is 6.61 Å². The Kier molecular flexibility index (Phi) is 4.40. The van der Waals surface area contributed by atoms with Crippen LogP contribution in [0.15, 0.2) is 24.8 Å². The summed E-state index contributed by atoms with van der Waals surface area (Å²) in [7, 11) is 1.71. The number of hydrogen-bond donors (Lipinski definition) is 0. The summed E-state index contributed by atoms with van der Waals surface area (Å²) >= 11 is 0. The van der Waals surface area contributed by atoms with E-state index in [9.17, 15) is 0 Å². The van der Waals surface area contributed by atoms with E-state index in [0.29, 0.717) is 12.5 Å². The van der Waals surface area contributed by atoms with Crippen molar-refractivity contribution in [1.29, 1.82) is 0 Å². The molecule has 7 nitrogen and oxygen atoms in total. The largest absolute Gasteiger partial charge is 0.383 e. The Morgan fingerprint density at radius 3 is 2.71 bits per heavy atom. The van der Waals surface area contributed by atoms with Gasteiger partial charge in [-0.25, -0.2) is 9.97 Å². The van der Waals surface area contributed by atoms with Crippen molar-refractivity contribution in [3.05, 3.63) is 30.6 Å². The summed E-state index contributed by atoms with van der Waals surface area (Å²) in [5.74, 6) is 2.33. The first-order chi connectivity index (χ1) is 10.4. The van der Waals surface area contributed by atoms with E-state index in [4.69, 9.17) is 4.74 Å². The quantitative estimate of drug-likeness (QED) is 0.820. The molecule has 0 saturated carbocycles. The van der Waals surface area contributed by atoms with Crippen molar-refractivity contribution in [1.82, 2.24) is 24.7 Å². The first-order valence-corrected chi connectivity index (χ1v) is 7.27. The molecule has 0 radical (unpaired) electrons. The molecule has 0 aliphatic carbocycles. The molecule has 7 heteroatoms. The van der Waals surface area contributed by atoms with Crippen molar-refractivity contribution in [3.8, 4) is 0 Å². The number of piperidine rings is 1. The van der Waals surface area contributed by atoms with E-state index in [1.165, 1.54) is 0 Å². The molecule has 0 atom stereocenters. The van der Waals surface area contributed by atoms with Crippen molar-refractivity contribution in [2.75, 3.05) is 31.7 Å². The molecule has 1 aliphatic heterocycles. The van der Waals surface area contributed by atoms with Crippen LogP contribution in [-0.4, -0.2) is 51.5 Å². The van der Waals surface area contributed by atoms with Crippen molar-refractivity contribution < 1.29 is 4.74 Å². The monoisotopic (exact) mass is 288 g/mol. The van der Waals surface area contributed by atoms with Gasteiger partial charge in [-0.3, -0.25) is 0 Å². The minimum absolute atomic E-state index is 0.448. The molecule has 112 valence electrons. The van der Waals surface area contributed by atoms with Crippen molar-refractivity contribution in [3.63, 3.8) is 0 Å². The van der Waals surface area contributed by atoms with Gasteiger partial charge in [-0.1, -0.05) is 0 Å². The Morgan fingerprint density at radius 2 is 2.00 bits per heavy atom. The lowest BCUT2D eigenvalue weighted by Gasteiger charge is -2.31. The third kappa shape index (κ3) is 3.18. The van der Waals surface area contributed by atoms with Gasteiger partial charge < -0.3 is 14.2 Å². The van der Waals surface area contributed by atoms with E-state index in [2.05, 4.69) is 29.6 Å². The Hall–Kier alpha value is -2.02. The minimum Gasteiger partial charge on any atom is -0.383 e. The van der Waals surface area contributed by atoms with E-state index in [1.54, 1.807) is 25.8 Å². The maximum Gasteiger partial charge on any atom is 0.225 e. The summed E-state index contributed by atoms with van der Waals surface area (Å²) in [5.41, 5.74) is 0. The Bertz CT molecular complexity index is 550. The Balaban J connectivity index is 1.62. The van der Waals surface area contributed by atoms with Gasteiger partial charge in [-0.2, -0.15) is 0 Å². The summed E-state index contributed by atoms with van der Waals surface area (Å²) in [6.45, 7) is 3.39. The van der Waals surface area contributed by atoms with Crippen LogP contribution in [0.5, 0.6) is 0 Å². The van der Waals surface area contributed by atoms with E-state index in [1.807, 2.05) is 6.07 Å². The van der Waals surface area contributed by atoms with Crippen LogP contribution in [0.1, 0.15) is 24.6 Å². The maximum atomic E-state index is 5.13. The molecular formula is C14H20N6O. The Morgan fingerprint density at radius 1 is 1.24 bits per heavy atom. The molecule has 1 saturated heterocycles. The second kappa shape index (κ2) is 6.62. The number of rotatable bonds is 5. The van der Waals surface area contributed by atoms with Gasteiger partial charge in [-0.05, 0) is 18.9 Å². The summed E-state index contributed by atoms with van der Waals surface area (Å²) in [6.07, 6.45) is 7.46. The van der Waals surface area contributed by atoms with Crippen LogP contribution in [-0.2, 0) is 11.3 Å². The Labute approximate surface area is 124 Å². The molecule has 1 aliphatic rings. The first kappa shape index (κ1) is 13.9. The SMILES string of the molecule is COCCn1cnnc1C1CCN(c2ncccn2)CC1. The van der Waals surface area contributed by atoms with Crippen molar-refractivity contribution >= 4 is 5.95 Å². The average molecular weight is 288 g/mol. The zero-order valence-electron chi connectivity index (χ0n) is 12.2. The molecular weight excluding hydrogens is 268 g/mol. The van der Waals surface area contributed by atoms with Gasteiger partial charge in [0.1, 0.15) is 12.2 Å². The third-order valence-electron chi connectivity index (χ3n) is 3.88. The summed E-state index contributed by atoms with van der Waals surface area (Å²) in [4.78, 5) is 10.9. The third-order valence-corrected chi connectivity index (χ3v) is 3.88. The van der Waals surface area contributed by atoms with Crippen LogP contribution in [0.2, 0.25) is 0 Å². The molecule has 0 unspecified atom stereocenters. The maximum absolute atomic E-state index is 5.13. The second-order valence-corrected chi connectivity index (χ2v) is 5.19. The first-order valence-electron chi connectivity index (χ1n) is 7.27. The normalized spacial score (nSPS) is 16.3.